The Morgan fingerprint density at radius 2 is 2.16 bits per heavy atom. The largest absolute Gasteiger partial charge is 0.341 e. The van der Waals surface area contributed by atoms with Crippen LogP contribution in [-0.2, 0) is 29.9 Å². The molecular formula is C22H23ClFN3O2S2. The highest BCUT2D eigenvalue weighted by Crippen LogP contribution is 2.33. The minimum atomic E-state index is -0.415. The number of halogens is 2. The SMILES string of the molecule is CN(Cc1c(F)cccc1Cl)C(=O)CCSCc1nc2sc3c(c2c(=O)[nH]1)CCCC3. The number of aromatic amines is 1. The van der Waals surface area contributed by atoms with Crippen LogP contribution in [0.15, 0.2) is 23.0 Å². The van der Waals surface area contributed by atoms with Crippen LogP contribution in [0.3, 0.4) is 0 Å². The van der Waals surface area contributed by atoms with Crippen LogP contribution in [0.25, 0.3) is 10.2 Å². The smallest absolute Gasteiger partial charge is 0.259 e. The number of rotatable bonds is 7. The van der Waals surface area contributed by atoms with Crippen molar-refractivity contribution in [3.05, 3.63) is 61.2 Å². The van der Waals surface area contributed by atoms with Gasteiger partial charge >= 0.3 is 0 Å². The summed E-state index contributed by atoms with van der Waals surface area (Å²) in [6.07, 6.45) is 4.61. The van der Waals surface area contributed by atoms with E-state index in [0.29, 0.717) is 34.3 Å². The van der Waals surface area contributed by atoms with Crippen LogP contribution in [0, 0.1) is 5.82 Å². The van der Waals surface area contributed by atoms with E-state index in [1.54, 1.807) is 42.3 Å². The number of thioether (sulfide) groups is 1. The summed E-state index contributed by atoms with van der Waals surface area (Å²) in [7, 11) is 1.64. The van der Waals surface area contributed by atoms with Gasteiger partial charge in [0.2, 0.25) is 5.91 Å². The van der Waals surface area contributed by atoms with Crippen molar-refractivity contribution in [2.24, 2.45) is 0 Å². The lowest BCUT2D eigenvalue weighted by Gasteiger charge is -2.18. The van der Waals surface area contributed by atoms with Gasteiger partial charge in [0.1, 0.15) is 16.5 Å². The van der Waals surface area contributed by atoms with E-state index in [1.807, 2.05) is 0 Å². The van der Waals surface area contributed by atoms with Gasteiger partial charge in [0.05, 0.1) is 11.1 Å². The van der Waals surface area contributed by atoms with E-state index >= 15 is 0 Å². The molecule has 0 spiro atoms. The second-order valence-electron chi connectivity index (χ2n) is 7.66. The summed E-state index contributed by atoms with van der Waals surface area (Å²) in [5.41, 5.74) is 1.45. The molecule has 3 aromatic rings. The second kappa shape index (κ2) is 9.71. The first kappa shape index (κ1) is 22.3. The molecule has 1 aliphatic carbocycles. The number of amides is 1. The van der Waals surface area contributed by atoms with Crippen LogP contribution in [0.1, 0.15) is 41.1 Å². The normalized spacial score (nSPS) is 13.4. The third-order valence-electron chi connectivity index (χ3n) is 5.46. The van der Waals surface area contributed by atoms with E-state index in [2.05, 4.69) is 9.97 Å². The van der Waals surface area contributed by atoms with Crippen molar-refractivity contribution < 1.29 is 9.18 Å². The van der Waals surface area contributed by atoms with Gasteiger partial charge in [-0.15, -0.1) is 11.3 Å². The summed E-state index contributed by atoms with van der Waals surface area (Å²) >= 11 is 9.22. The standard InChI is InChI=1S/C22H23ClFN3O2S2/c1-27(11-14-15(23)6-4-7-16(14)24)19(28)9-10-30-12-18-25-21(29)20-13-5-2-3-8-17(13)31-22(20)26-18/h4,6-7H,2-3,5,8-12H2,1H3,(H,25,26,29). The predicted molar refractivity (Wildman–Crippen MR) is 126 cm³/mol. The molecule has 9 heteroatoms. The number of carbonyl (C=O) groups is 1. The average molecular weight is 480 g/mol. The maximum absolute atomic E-state index is 13.9. The van der Waals surface area contributed by atoms with Crippen LogP contribution in [-0.4, -0.2) is 33.6 Å². The lowest BCUT2D eigenvalue weighted by molar-refractivity contribution is -0.129. The van der Waals surface area contributed by atoms with Crippen LogP contribution >= 0.6 is 34.7 Å². The van der Waals surface area contributed by atoms with Gasteiger partial charge in [-0.3, -0.25) is 9.59 Å². The summed E-state index contributed by atoms with van der Waals surface area (Å²) in [6, 6.07) is 4.49. The maximum Gasteiger partial charge on any atom is 0.259 e. The van der Waals surface area contributed by atoms with Gasteiger partial charge in [0.25, 0.3) is 5.56 Å². The number of hydrogen-bond acceptors (Lipinski definition) is 5. The highest BCUT2D eigenvalue weighted by atomic mass is 35.5. The van der Waals surface area contributed by atoms with Gasteiger partial charge in [-0.25, -0.2) is 9.37 Å². The Kier molecular flexibility index (Phi) is 6.99. The Bertz CT molecular complexity index is 1160. The number of nitrogens with zero attached hydrogens (tertiary/aromatic N) is 2. The molecule has 0 unspecified atom stereocenters. The monoisotopic (exact) mass is 479 g/mol. The molecule has 31 heavy (non-hydrogen) atoms. The first-order valence-electron chi connectivity index (χ1n) is 10.2. The van der Waals surface area contributed by atoms with E-state index in [4.69, 9.17) is 11.6 Å². The van der Waals surface area contributed by atoms with E-state index < -0.39 is 5.82 Å². The van der Waals surface area contributed by atoms with Crippen LogP contribution < -0.4 is 5.56 Å². The van der Waals surface area contributed by atoms with E-state index in [-0.39, 0.29) is 18.0 Å². The molecule has 1 N–H and O–H groups in total. The fourth-order valence-corrected chi connectivity index (χ4v) is 6.10. The molecule has 0 saturated heterocycles. The lowest BCUT2D eigenvalue weighted by atomic mass is 9.97. The van der Waals surface area contributed by atoms with E-state index in [1.165, 1.54) is 27.8 Å². The van der Waals surface area contributed by atoms with Crippen molar-refractivity contribution in [1.29, 1.82) is 0 Å². The molecule has 0 bridgehead atoms. The summed E-state index contributed by atoms with van der Waals surface area (Å²) in [4.78, 5) is 36.2. The van der Waals surface area contributed by atoms with Crippen molar-refractivity contribution in [3.8, 4) is 0 Å². The molecule has 0 atom stereocenters. The molecule has 164 valence electrons. The Hall–Kier alpha value is -1.90. The van der Waals surface area contributed by atoms with Crippen molar-refractivity contribution in [2.75, 3.05) is 12.8 Å². The molecule has 0 fully saturated rings. The van der Waals surface area contributed by atoms with Gasteiger partial charge in [0.15, 0.2) is 0 Å². The van der Waals surface area contributed by atoms with Crippen LogP contribution in [0.4, 0.5) is 4.39 Å². The number of benzene rings is 1. The number of aryl methyl sites for hydroxylation is 2. The predicted octanol–water partition coefficient (Wildman–Crippen LogP) is 4.94. The third kappa shape index (κ3) is 4.96. The average Bonchev–Trinajstić information content (AvgIpc) is 3.12. The molecule has 4 rings (SSSR count). The molecule has 0 aliphatic heterocycles. The number of H-pyrrole nitrogens is 1. The molecule has 0 saturated carbocycles. The highest BCUT2D eigenvalue weighted by molar-refractivity contribution is 7.98. The topological polar surface area (TPSA) is 66.1 Å². The molecular weight excluding hydrogens is 457 g/mol. The number of nitrogens with one attached hydrogen (secondary N) is 1. The minimum Gasteiger partial charge on any atom is -0.341 e. The number of aromatic nitrogens is 2. The highest BCUT2D eigenvalue weighted by Gasteiger charge is 2.20. The first-order chi connectivity index (χ1) is 14.9. The zero-order valence-corrected chi connectivity index (χ0v) is 19.6. The van der Waals surface area contributed by atoms with Gasteiger partial charge in [-0.05, 0) is 43.4 Å². The van der Waals surface area contributed by atoms with Crippen molar-refractivity contribution in [2.45, 2.75) is 44.4 Å². The number of fused-ring (bicyclic) bond motifs is 3. The van der Waals surface area contributed by atoms with Crippen molar-refractivity contribution >= 4 is 50.8 Å². The van der Waals surface area contributed by atoms with Crippen molar-refractivity contribution in [1.82, 2.24) is 14.9 Å². The summed E-state index contributed by atoms with van der Waals surface area (Å²) < 4.78 is 13.9. The molecule has 1 aromatic carbocycles. The van der Waals surface area contributed by atoms with Crippen molar-refractivity contribution in [3.63, 3.8) is 0 Å². The van der Waals surface area contributed by atoms with E-state index in [0.717, 1.165) is 29.5 Å². The fraction of sp³-hybridized carbons (Fsp3) is 0.409. The van der Waals surface area contributed by atoms with Gasteiger partial charge < -0.3 is 9.88 Å². The molecule has 0 radical (unpaired) electrons. The van der Waals surface area contributed by atoms with E-state index in [9.17, 15) is 14.0 Å². The first-order valence-corrected chi connectivity index (χ1v) is 12.6. The zero-order valence-electron chi connectivity index (χ0n) is 17.2. The summed E-state index contributed by atoms with van der Waals surface area (Å²) in [6.45, 7) is 0.129. The molecule has 5 nitrogen and oxygen atoms in total. The Morgan fingerprint density at radius 3 is 2.97 bits per heavy atom. The van der Waals surface area contributed by atoms with Crippen LogP contribution in [0.2, 0.25) is 5.02 Å². The Morgan fingerprint density at radius 1 is 1.35 bits per heavy atom. The summed E-state index contributed by atoms with van der Waals surface area (Å²) in [5, 5.41) is 1.08. The number of carbonyl (C=O) groups excluding carboxylic acids is 1. The van der Waals surface area contributed by atoms with Gasteiger partial charge in [-0.1, -0.05) is 17.7 Å². The second-order valence-corrected chi connectivity index (χ2v) is 10.3. The number of hydrogen-bond donors (Lipinski definition) is 1. The lowest BCUT2D eigenvalue weighted by Crippen LogP contribution is -2.27. The molecule has 1 aliphatic rings. The Labute approximate surface area is 193 Å². The number of thiophene rings is 1. The zero-order chi connectivity index (χ0) is 22.0. The third-order valence-corrected chi connectivity index (χ3v) is 7.97. The minimum absolute atomic E-state index is 0.0578. The maximum atomic E-state index is 13.9. The van der Waals surface area contributed by atoms with Gasteiger partial charge in [-0.2, -0.15) is 11.8 Å². The molecule has 1 amide bonds. The molecule has 2 heterocycles. The van der Waals surface area contributed by atoms with Crippen LogP contribution in [0.5, 0.6) is 0 Å². The molecule has 2 aromatic heterocycles. The van der Waals surface area contributed by atoms with Gasteiger partial charge in [0, 0.05) is 41.2 Å². The Balaban J connectivity index is 1.32. The quantitative estimate of drug-likeness (QED) is 0.487. The fourth-order valence-electron chi connectivity index (χ4n) is 3.80. The summed E-state index contributed by atoms with van der Waals surface area (Å²) in [5.74, 6) is 1.25.